The topological polar surface area (TPSA) is 61.2 Å². The Kier molecular flexibility index (Phi) is 4.49. The zero-order chi connectivity index (χ0) is 13.9. The van der Waals surface area contributed by atoms with Gasteiger partial charge in [-0.3, -0.25) is 0 Å². The van der Waals surface area contributed by atoms with Crippen molar-refractivity contribution in [1.82, 2.24) is 4.31 Å². The average molecular weight is 266 g/mol. The molecule has 0 amide bonds. The number of hydrogen-bond acceptors (Lipinski definition) is 3. The first-order valence-corrected chi connectivity index (χ1v) is 7.23. The van der Waals surface area contributed by atoms with Crippen LogP contribution in [0.15, 0.2) is 29.2 Å². The predicted octanol–water partition coefficient (Wildman–Crippen LogP) is 2.22. The summed E-state index contributed by atoms with van der Waals surface area (Å²) < 4.78 is 26.1. The third-order valence-corrected chi connectivity index (χ3v) is 5.12. The van der Waals surface area contributed by atoms with Crippen LogP contribution in [0.2, 0.25) is 0 Å². The average Bonchev–Trinajstić information content (AvgIpc) is 2.36. The number of rotatable bonds is 4. The molecule has 98 valence electrons. The standard InChI is InChI=1S/C13H18N2O2S/c1-10(2)11(3)15(4)18(16,17)13-7-5-6-12(8-13)9-14/h5-8,10-11H,1-4H3. The molecule has 1 unspecified atom stereocenters. The first kappa shape index (κ1) is 14.7. The minimum Gasteiger partial charge on any atom is -0.207 e. The van der Waals surface area contributed by atoms with Gasteiger partial charge in [0.1, 0.15) is 0 Å². The lowest BCUT2D eigenvalue weighted by molar-refractivity contribution is 0.316. The van der Waals surface area contributed by atoms with E-state index in [1.165, 1.54) is 16.4 Å². The van der Waals surface area contributed by atoms with Gasteiger partial charge >= 0.3 is 0 Å². The van der Waals surface area contributed by atoms with E-state index >= 15 is 0 Å². The summed E-state index contributed by atoms with van der Waals surface area (Å²) in [7, 11) is -1.97. The van der Waals surface area contributed by atoms with Gasteiger partial charge in [-0.05, 0) is 31.0 Å². The van der Waals surface area contributed by atoms with Crippen LogP contribution in [0.3, 0.4) is 0 Å². The third-order valence-electron chi connectivity index (χ3n) is 3.18. The van der Waals surface area contributed by atoms with Gasteiger partial charge in [0.15, 0.2) is 0 Å². The molecule has 0 saturated carbocycles. The van der Waals surface area contributed by atoms with Crippen molar-refractivity contribution in [3.63, 3.8) is 0 Å². The second-order valence-electron chi connectivity index (χ2n) is 4.65. The number of benzene rings is 1. The maximum absolute atomic E-state index is 12.4. The van der Waals surface area contributed by atoms with Crippen molar-refractivity contribution in [2.75, 3.05) is 7.05 Å². The lowest BCUT2D eigenvalue weighted by Gasteiger charge is -2.27. The normalized spacial score (nSPS) is 13.6. The van der Waals surface area contributed by atoms with Crippen molar-refractivity contribution in [2.45, 2.75) is 31.7 Å². The van der Waals surface area contributed by atoms with Gasteiger partial charge in [-0.2, -0.15) is 9.57 Å². The second kappa shape index (κ2) is 5.51. The van der Waals surface area contributed by atoms with Crippen LogP contribution in [0.4, 0.5) is 0 Å². The van der Waals surface area contributed by atoms with Crippen molar-refractivity contribution in [1.29, 1.82) is 5.26 Å². The predicted molar refractivity (Wildman–Crippen MR) is 70.4 cm³/mol. The van der Waals surface area contributed by atoms with E-state index in [2.05, 4.69) is 0 Å². The van der Waals surface area contributed by atoms with E-state index in [1.807, 2.05) is 26.8 Å². The summed E-state index contributed by atoms with van der Waals surface area (Å²) >= 11 is 0. The Hall–Kier alpha value is -1.38. The number of hydrogen-bond donors (Lipinski definition) is 0. The lowest BCUT2D eigenvalue weighted by Crippen LogP contribution is -2.38. The summed E-state index contributed by atoms with van der Waals surface area (Å²) in [6, 6.07) is 7.94. The van der Waals surface area contributed by atoms with Crippen LogP contribution in [-0.2, 0) is 10.0 Å². The van der Waals surface area contributed by atoms with E-state index < -0.39 is 10.0 Å². The molecular formula is C13H18N2O2S. The molecule has 0 saturated heterocycles. The third kappa shape index (κ3) is 2.89. The van der Waals surface area contributed by atoms with Crippen LogP contribution in [0.25, 0.3) is 0 Å². The maximum atomic E-state index is 12.4. The highest BCUT2D eigenvalue weighted by Gasteiger charge is 2.27. The molecule has 0 radical (unpaired) electrons. The Labute approximate surface area is 109 Å². The summed E-state index contributed by atoms with van der Waals surface area (Å²) in [5.41, 5.74) is 0.349. The van der Waals surface area contributed by atoms with E-state index in [-0.39, 0.29) is 16.9 Å². The lowest BCUT2D eigenvalue weighted by atomic mass is 10.1. The van der Waals surface area contributed by atoms with E-state index in [9.17, 15) is 8.42 Å². The fourth-order valence-corrected chi connectivity index (χ4v) is 3.07. The van der Waals surface area contributed by atoms with Gasteiger partial charge in [0, 0.05) is 13.1 Å². The number of nitriles is 1. The Morgan fingerprint density at radius 1 is 1.28 bits per heavy atom. The molecule has 0 aliphatic carbocycles. The van der Waals surface area contributed by atoms with Crippen LogP contribution < -0.4 is 0 Å². The Balaban J connectivity index is 3.18. The Morgan fingerprint density at radius 2 is 1.89 bits per heavy atom. The fraction of sp³-hybridized carbons (Fsp3) is 0.462. The zero-order valence-corrected chi connectivity index (χ0v) is 11.9. The summed E-state index contributed by atoms with van der Waals surface area (Å²) in [5.74, 6) is 0.226. The van der Waals surface area contributed by atoms with Crippen LogP contribution in [-0.4, -0.2) is 25.8 Å². The van der Waals surface area contributed by atoms with Crippen LogP contribution in [0.5, 0.6) is 0 Å². The van der Waals surface area contributed by atoms with Crippen molar-refractivity contribution in [3.05, 3.63) is 29.8 Å². The molecule has 0 aliphatic heterocycles. The quantitative estimate of drug-likeness (QED) is 0.839. The van der Waals surface area contributed by atoms with E-state index in [4.69, 9.17) is 5.26 Å². The van der Waals surface area contributed by atoms with Crippen molar-refractivity contribution in [2.24, 2.45) is 5.92 Å². The van der Waals surface area contributed by atoms with Crippen molar-refractivity contribution >= 4 is 10.0 Å². The summed E-state index contributed by atoms with van der Waals surface area (Å²) in [5, 5.41) is 8.81. The molecule has 0 aromatic heterocycles. The highest BCUT2D eigenvalue weighted by atomic mass is 32.2. The van der Waals surface area contributed by atoms with Gasteiger partial charge in [-0.25, -0.2) is 8.42 Å². The molecule has 0 N–H and O–H groups in total. The van der Waals surface area contributed by atoms with Crippen molar-refractivity contribution < 1.29 is 8.42 Å². The van der Waals surface area contributed by atoms with Gasteiger partial charge in [-0.15, -0.1) is 0 Å². The van der Waals surface area contributed by atoms with Crippen LogP contribution in [0, 0.1) is 17.2 Å². The van der Waals surface area contributed by atoms with Gasteiger partial charge in [0.2, 0.25) is 10.0 Å². The summed E-state index contributed by atoms with van der Waals surface area (Å²) in [6.07, 6.45) is 0. The van der Waals surface area contributed by atoms with Crippen LogP contribution >= 0.6 is 0 Å². The molecule has 5 heteroatoms. The van der Waals surface area contributed by atoms with E-state index in [0.717, 1.165) is 0 Å². The largest absolute Gasteiger partial charge is 0.243 e. The molecule has 1 rings (SSSR count). The molecular weight excluding hydrogens is 248 g/mol. The first-order valence-electron chi connectivity index (χ1n) is 5.79. The molecule has 1 aromatic rings. The van der Waals surface area contributed by atoms with Crippen molar-refractivity contribution in [3.8, 4) is 6.07 Å². The maximum Gasteiger partial charge on any atom is 0.243 e. The minimum atomic E-state index is -3.53. The zero-order valence-electron chi connectivity index (χ0n) is 11.1. The Morgan fingerprint density at radius 3 is 2.39 bits per heavy atom. The summed E-state index contributed by atoms with van der Waals surface area (Å²) in [6.45, 7) is 5.82. The first-order chi connectivity index (χ1) is 8.30. The molecule has 0 bridgehead atoms. The van der Waals surface area contributed by atoms with E-state index in [1.54, 1.807) is 19.2 Å². The number of nitrogens with zero attached hydrogens (tertiary/aromatic N) is 2. The smallest absolute Gasteiger partial charge is 0.207 e. The van der Waals surface area contributed by atoms with E-state index in [0.29, 0.717) is 5.56 Å². The highest BCUT2D eigenvalue weighted by molar-refractivity contribution is 7.89. The van der Waals surface area contributed by atoms with Crippen LogP contribution in [0.1, 0.15) is 26.3 Å². The minimum absolute atomic E-state index is 0.0965. The van der Waals surface area contributed by atoms with Gasteiger partial charge in [0.25, 0.3) is 0 Å². The molecule has 0 heterocycles. The monoisotopic (exact) mass is 266 g/mol. The number of sulfonamides is 1. The highest BCUT2D eigenvalue weighted by Crippen LogP contribution is 2.20. The molecule has 1 aromatic carbocycles. The molecule has 0 aliphatic rings. The molecule has 0 fully saturated rings. The molecule has 0 spiro atoms. The SMILES string of the molecule is CC(C)C(C)N(C)S(=O)(=O)c1cccc(C#N)c1. The molecule has 4 nitrogen and oxygen atoms in total. The fourth-order valence-electron chi connectivity index (χ4n) is 1.53. The second-order valence-corrected chi connectivity index (χ2v) is 6.64. The molecule has 1 atom stereocenters. The van der Waals surface area contributed by atoms with Gasteiger partial charge in [-0.1, -0.05) is 19.9 Å². The summed E-state index contributed by atoms with van der Waals surface area (Å²) in [4.78, 5) is 0.163. The Bertz CT molecular complexity index is 559. The van der Waals surface area contributed by atoms with Gasteiger partial charge < -0.3 is 0 Å². The molecule has 18 heavy (non-hydrogen) atoms. The van der Waals surface area contributed by atoms with Gasteiger partial charge in [0.05, 0.1) is 16.5 Å².